The van der Waals surface area contributed by atoms with E-state index in [1.807, 2.05) is 35.9 Å². The van der Waals surface area contributed by atoms with Crippen molar-refractivity contribution in [1.29, 1.82) is 0 Å². The zero-order valence-corrected chi connectivity index (χ0v) is 10.8. The van der Waals surface area contributed by atoms with Crippen LogP contribution in [0.4, 0.5) is 0 Å². The Morgan fingerprint density at radius 1 is 1.41 bits per heavy atom. The Labute approximate surface area is 106 Å². The maximum Gasteiger partial charge on any atom is 0.130 e. The summed E-state index contributed by atoms with van der Waals surface area (Å²) in [6.45, 7) is 4.94. The number of rotatable bonds is 3. The summed E-state index contributed by atoms with van der Waals surface area (Å²) >= 11 is 6.05. The van der Waals surface area contributed by atoms with Crippen LogP contribution >= 0.6 is 11.6 Å². The molecule has 3 nitrogen and oxygen atoms in total. The summed E-state index contributed by atoms with van der Waals surface area (Å²) in [7, 11) is 0. The molecule has 1 aromatic carbocycles. The second-order valence-corrected chi connectivity index (χ2v) is 4.55. The predicted octanol–water partition coefficient (Wildman–Crippen LogP) is 2.91. The number of imidazole rings is 1. The molecule has 0 aliphatic carbocycles. The monoisotopic (exact) mass is 249 g/mol. The summed E-state index contributed by atoms with van der Waals surface area (Å²) in [6, 6.07) is 5.63. The van der Waals surface area contributed by atoms with Crippen LogP contribution in [0.25, 0.3) is 0 Å². The summed E-state index contributed by atoms with van der Waals surface area (Å²) in [5, 5.41) is 0.713. The van der Waals surface area contributed by atoms with Crippen molar-refractivity contribution in [3.05, 3.63) is 52.6 Å². The first kappa shape index (κ1) is 12.1. The quantitative estimate of drug-likeness (QED) is 0.909. The van der Waals surface area contributed by atoms with Gasteiger partial charge in [-0.3, -0.25) is 0 Å². The molecule has 0 aliphatic rings. The van der Waals surface area contributed by atoms with E-state index in [1.165, 1.54) is 0 Å². The van der Waals surface area contributed by atoms with Crippen LogP contribution < -0.4 is 5.73 Å². The van der Waals surface area contributed by atoms with Crippen molar-refractivity contribution in [2.75, 3.05) is 0 Å². The van der Waals surface area contributed by atoms with Crippen molar-refractivity contribution >= 4 is 11.6 Å². The molecule has 0 amide bonds. The third kappa shape index (κ3) is 2.51. The minimum Gasteiger partial charge on any atom is -0.334 e. The van der Waals surface area contributed by atoms with E-state index in [0.717, 1.165) is 23.5 Å². The molecule has 0 radical (unpaired) electrons. The summed E-state index contributed by atoms with van der Waals surface area (Å²) in [4.78, 5) is 4.32. The molecule has 2 N–H and O–H groups in total. The van der Waals surface area contributed by atoms with E-state index in [2.05, 4.69) is 11.9 Å². The Kier molecular flexibility index (Phi) is 3.50. The van der Waals surface area contributed by atoms with E-state index >= 15 is 0 Å². The van der Waals surface area contributed by atoms with E-state index in [0.29, 0.717) is 5.02 Å². The van der Waals surface area contributed by atoms with Crippen molar-refractivity contribution in [2.24, 2.45) is 5.73 Å². The molecule has 90 valence electrons. The van der Waals surface area contributed by atoms with Gasteiger partial charge >= 0.3 is 0 Å². The van der Waals surface area contributed by atoms with Crippen LogP contribution in [0.3, 0.4) is 0 Å². The number of benzene rings is 1. The number of nitrogens with zero attached hydrogens (tertiary/aromatic N) is 2. The van der Waals surface area contributed by atoms with E-state index in [9.17, 15) is 0 Å². The first-order chi connectivity index (χ1) is 8.11. The Hall–Kier alpha value is -1.32. The van der Waals surface area contributed by atoms with Crippen molar-refractivity contribution in [1.82, 2.24) is 9.55 Å². The van der Waals surface area contributed by atoms with Gasteiger partial charge in [-0.1, -0.05) is 17.7 Å². The summed E-state index contributed by atoms with van der Waals surface area (Å²) in [5.74, 6) is 0.870. The fraction of sp³-hybridized carbons (Fsp3) is 0.308. The molecule has 1 heterocycles. The highest BCUT2D eigenvalue weighted by atomic mass is 35.5. The highest BCUT2D eigenvalue weighted by molar-refractivity contribution is 6.30. The third-order valence-electron chi connectivity index (χ3n) is 2.79. The number of hydrogen-bond acceptors (Lipinski definition) is 2. The van der Waals surface area contributed by atoms with Gasteiger partial charge in [-0.2, -0.15) is 0 Å². The van der Waals surface area contributed by atoms with Gasteiger partial charge in [-0.15, -0.1) is 0 Å². The van der Waals surface area contributed by atoms with Crippen molar-refractivity contribution in [2.45, 2.75) is 26.4 Å². The summed E-state index contributed by atoms with van der Waals surface area (Å²) in [6.07, 6.45) is 3.71. The van der Waals surface area contributed by atoms with Gasteiger partial charge in [0.25, 0.3) is 0 Å². The maximum absolute atomic E-state index is 6.23. The molecule has 17 heavy (non-hydrogen) atoms. The van der Waals surface area contributed by atoms with E-state index in [4.69, 9.17) is 17.3 Å². The Morgan fingerprint density at radius 3 is 2.82 bits per heavy atom. The maximum atomic E-state index is 6.23. The smallest absolute Gasteiger partial charge is 0.130 e. The average Bonchev–Trinajstić information content (AvgIpc) is 2.74. The number of aryl methyl sites for hydroxylation is 2. The highest BCUT2D eigenvalue weighted by Gasteiger charge is 2.14. The molecule has 0 saturated heterocycles. The largest absolute Gasteiger partial charge is 0.334 e. The average molecular weight is 250 g/mol. The topological polar surface area (TPSA) is 43.8 Å². The zero-order valence-electron chi connectivity index (χ0n) is 10.0. The lowest BCUT2D eigenvalue weighted by atomic mass is 10.0. The van der Waals surface area contributed by atoms with Crippen LogP contribution in [-0.4, -0.2) is 9.55 Å². The lowest BCUT2D eigenvalue weighted by Crippen LogP contribution is -2.17. The molecular weight excluding hydrogens is 234 g/mol. The summed E-state index contributed by atoms with van der Waals surface area (Å²) < 4.78 is 2.04. The molecule has 1 aromatic heterocycles. The van der Waals surface area contributed by atoms with Gasteiger partial charge in [-0.25, -0.2) is 4.98 Å². The second-order valence-electron chi connectivity index (χ2n) is 4.11. The molecule has 0 bridgehead atoms. The van der Waals surface area contributed by atoms with Crippen LogP contribution in [0.1, 0.15) is 29.9 Å². The fourth-order valence-electron chi connectivity index (χ4n) is 1.96. The zero-order chi connectivity index (χ0) is 12.4. The molecule has 2 aromatic rings. The standard InChI is InChI=1S/C13H16ClN3/c1-3-17-5-4-16-13(17)12(15)10-6-9(2)7-11(14)8-10/h4-8,12H,3,15H2,1-2H3. The lowest BCUT2D eigenvalue weighted by Gasteiger charge is -2.14. The van der Waals surface area contributed by atoms with Crippen LogP contribution in [0.2, 0.25) is 5.02 Å². The molecule has 0 aliphatic heterocycles. The van der Waals surface area contributed by atoms with Crippen LogP contribution in [0, 0.1) is 6.92 Å². The molecule has 2 rings (SSSR count). The Balaban J connectivity index is 2.39. The predicted molar refractivity (Wildman–Crippen MR) is 70.1 cm³/mol. The van der Waals surface area contributed by atoms with Gasteiger partial charge in [0.1, 0.15) is 5.82 Å². The van der Waals surface area contributed by atoms with Gasteiger partial charge in [0, 0.05) is 24.0 Å². The first-order valence-electron chi connectivity index (χ1n) is 5.65. The van der Waals surface area contributed by atoms with E-state index in [1.54, 1.807) is 6.20 Å². The molecule has 0 saturated carbocycles. The van der Waals surface area contributed by atoms with Gasteiger partial charge in [-0.05, 0) is 37.1 Å². The first-order valence-corrected chi connectivity index (χ1v) is 6.03. The van der Waals surface area contributed by atoms with E-state index in [-0.39, 0.29) is 6.04 Å². The highest BCUT2D eigenvalue weighted by Crippen LogP contribution is 2.23. The van der Waals surface area contributed by atoms with Crippen molar-refractivity contribution in [3.8, 4) is 0 Å². The Bertz CT molecular complexity index is 499. The normalized spacial score (nSPS) is 12.7. The van der Waals surface area contributed by atoms with Crippen LogP contribution in [-0.2, 0) is 6.54 Å². The van der Waals surface area contributed by atoms with Crippen LogP contribution in [0.15, 0.2) is 30.6 Å². The van der Waals surface area contributed by atoms with Crippen molar-refractivity contribution in [3.63, 3.8) is 0 Å². The summed E-state index contributed by atoms with van der Waals surface area (Å²) in [5.41, 5.74) is 8.34. The SMILES string of the molecule is CCn1ccnc1C(N)c1cc(C)cc(Cl)c1. The molecule has 0 spiro atoms. The molecule has 1 unspecified atom stereocenters. The second kappa shape index (κ2) is 4.90. The number of aromatic nitrogens is 2. The van der Waals surface area contributed by atoms with Gasteiger partial charge in [0.15, 0.2) is 0 Å². The van der Waals surface area contributed by atoms with Crippen LogP contribution in [0.5, 0.6) is 0 Å². The minimum absolute atomic E-state index is 0.234. The number of hydrogen-bond donors (Lipinski definition) is 1. The fourth-order valence-corrected chi connectivity index (χ4v) is 2.26. The van der Waals surface area contributed by atoms with Crippen molar-refractivity contribution < 1.29 is 0 Å². The van der Waals surface area contributed by atoms with Gasteiger partial charge < -0.3 is 10.3 Å². The number of nitrogens with two attached hydrogens (primary N) is 1. The number of halogens is 1. The van der Waals surface area contributed by atoms with Gasteiger partial charge in [0.2, 0.25) is 0 Å². The molecule has 0 fully saturated rings. The molecule has 4 heteroatoms. The lowest BCUT2D eigenvalue weighted by molar-refractivity contribution is 0.656. The minimum atomic E-state index is -0.234. The van der Waals surface area contributed by atoms with E-state index < -0.39 is 0 Å². The Morgan fingerprint density at radius 2 is 2.18 bits per heavy atom. The third-order valence-corrected chi connectivity index (χ3v) is 3.01. The molecular formula is C13H16ClN3. The van der Waals surface area contributed by atoms with Gasteiger partial charge in [0.05, 0.1) is 6.04 Å². The molecule has 1 atom stereocenters.